The van der Waals surface area contributed by atoms with E-state index in [0.717, 1.165) is 70.6 Å². The van der Waals surface area contributed by atoms with Crippen molar-refractivity contribution in [2.24, 2.45) is 0 Å². The second kappa shape index (κ2) is 18.2. The first-order valence-electron chi connectivity index (χ1n) is 10.0. The fourth-order valence-corrected chi connectivity index (χ4v) is 4.01. The van der Waals surface area contributed by atoms with Crippen molar-refractivity contribution >= 4 is 10.1 Å². The van der Waals surface area contributed by atoms with E-state index in [2.05, 4.69) is 6.92 Å². The summed E-state index contributed by atoms with van der Waals surface area (Å²) in [5.41, 5.74) is 0. The molecule has 0 fully saturated rings. The summed E-state index contributed by atoms with van der Waals surface area (Å²) >= 11 is 0. The van der Waals surface area contributed by atoms with Gasteiger partial charge in [0.25, 0.3) is 0 Å². The van der Waals surface area contributed by atoms with Crippen LogP contribution in [-0.2, 0) is 10.1 Å². The molecule has 146 valence electrons. The van der Waals surface area contributed by atoms with Gasteiger partial charge in [-0.25, -0.2) is 8.42 Å². The third-order valence-corrected chi connectivity index (χ3v) is 6.03. The van der Waals surface area contributed by atoms with Crippen LogP contribution in [0.1, 0.15) is 110 Å². The molecule has 2 atom stereocenters. The zero-order valence-corrected chi connectivity index (χ0v) is 19.7. The Balaban J connectivity index is 0. The number of rotatable bonds is 17. The van der Waals surface area contributed by atoms with Gasteiger partial charge >= 0.3 is 29.6 Å². The van der Waals surface area contributed by atoms with Crippen LogP contribution >= 0.6 is 0 Å². The molecule has 4 nitrogen and oxygen atoms in total. The Morgan fingerprint density at radius 2 is 1.12 bits per heavy atom. The monoisotopic (exact) mass is 386 g/mol. The number of aliphatic hydroxyl groups is 1. The first-order chi connectivity index (χ1) is 11.4. The predicted molar refractivity (Wildman–Crippen MR) is 100 cm³/mol. The van der Waals surface area contributed by atoms with Gasteiger partial charge in [-0.3, -0.25) is 0 Å². The summed E-state index contributed by atoms with van der Waals surface area (Å²) in [6.45, 7) is 4.18. The van der Waals surface area contributed by atoms with Crippen molar-refractivity contribution in [3.05, 3.63) is 0 Å². The van der Waals surface area contributed by atoms with E-state index in [-0.39, 0.29) is 35.7 Å². The van der Waals surface area contributed by atoms with Gasteiger partial charge in [-0.15, -0.1) is 0 Å². The normalized spacial score (nSPS) is 14.1. The van der Waals surface area contributed by atoms with Gasteiger partial charge < -0.3 is 9.66 Å². The van der Waals surface area contributed by atoms with Gasteiger partial charge in [0.1, 0.15) is 0 Å². The summed E-state index contributed by atoms with van der Waals surface area (Å²) in [6, 6.07) is 0. The molecule has 0 amide bonds. The van der Waals surface area contributed by atoms with Crippen molar-refractivity contribution in [3.8, 4) is 0 Å². The zero-order chi connectivity index (χ0) is 18.3. The zero-order valence-electron chi connectivity index (χ0n) is 16.8. The Morgan fingerprint density at radius 3 is 1.60 bits per heavy atom. The van der Waals surface area contributed by atoms with Crippen LogP contribution in [-0.4, -0.2) is 29.4 Å². The summed E-state index contributed by atoms with van der Waals surface area (Å²) < 4.78 is 33.7. The standard InChI is InChI=1S/C19H40O4S.Na/c1-3-5-11-14-18(20)15-12-9-7-8-10-13-17-19(16-6-4-2)24(21,22)23;/h18-20H,3-17H2,1-2H3,(H,21,22,23);/q;+1/p-1. The summed E-state index contributed by atoms with van der Waals surface area (Å²) in [5, 5.41) is 9.15. The average Bonchev–Trinajstić information content (AvgIpc) is 2.51. The van der Waals surface area contributed by atoms with Crippen LogP contribution in [0.15, 0.2) is 0 Å². The number of hydrogen-bond acceptors (Lipinski definition) is 4. The molecule has 0 aliphatic rings. The van der Waals surface area contributed by atoms with E-state index in [4.69, 9.17) is 0 Å². The van der Waals surface area contributed by atoms with E-state index >= 15 is 0 Å². The minimum Gasteiger partial charge on any atom is -0.748 e. The molecule has 0 spiro atoms. The molecule has 0 rings (SSSR count). The minimum absolute atomic E-state index is 0. The molecular weight excluding hydrogens is 347 g/mol. The topological polar surface area (TPSA) is 77.4 Å². The van der Waals surface area contributed by atoms with Crippen molar-refractivity contribution in [1.82, 2.24) is 0 Å². The Hall–Kier alpha value is 0.870. The van der Waals surface area contributed by atoms with Crippen LogP contribution in [0.3, 0.4) is 0 Å². The maximum atomic E-state index is 11.2. The maximum absolute atomic E-state index is 11.2. The summed E-state index contributed by atoms with van der Waals surface area (Å²) in [4.78, 5) is 0. The van der Waals surface area contributed by atoms with Crippen molar-refractivity contribution in [3.63, 3.8) is 0 Å². The van der Waals surface area contributed by atoms with Gasteiger partial charge in [-0.2, -0.15) is 0 Å². The molecule has 1 N–H and O–H groups in total. The van der Waals surface area contributed by atoms with Gasteiger partial charge in [-0.05, 0) is 25.7 Å². The Morgan fingerprint density at radius 1 is 0.720 bits per heavy atom. The van der Waals surface area contributed by atoms with Crippen LogP contribution in [0.4, 0.5) is 0 Å². The Kier molecular flexibility index (Phi) is 20.5. The molecule has 0 aromatic carbocycles. The van der Waals surface area contributed by atoms with Crippen LogP contribution in [0.2, 0.25) is 0 Å². The van der Waals surface area contributed by atoms with Crippen molar-refractivity contribution in [2.75, 3.05) is 0 Å². The summed E-state index contributed by atoms with van der Waals surface area (Å²) in [7, 11) is -4.14. The minimum atomic E-state index is -4.14. The van der Waals surface area contributed by atoms with Crippen LogP contribution < -0.4 is 29.6 Å². The van der Waals surface area contributed by atoms with E-state index in [1.54, 1.807) is 0 Å². The van der Waals surface area contributed by atoms with Crippen LogP contribution in [0.5, 0.6) is 0 Å². The molecule has 0 heterocycles. The maximum Gasteiger partial charge on any atom is 1.00 e. The molecule has 0 bridgehead atoms. The molecule has 0 aromatic heterocycles. The van der Waals surface area contributed by atoms with Gasteiger partial charge in [0.05, 0.1) is 16.2 Å². The smallest absolute Gasteiger partial charge is 0.748 e. The fraction of sp³-hybridized carbons (Fsp3) is 1.00. The predicted octanol–water partition coefficient (Wildman–Crippen LogP) is 2.16. The summed E-state index contributed by atoms with van der Waals surface area (Å²) in [5.74, 6) is 0. The molecule has 0 aliphatic carbocycles. The number of unbranched alkanes of at least 4 members (excludes halogenated alkanes) is 8. The second-order valence-electron chi connectivity index (χ2n) is 7.11. The molecule has 0 aliphatic heterocycles. The second-order valence-corrected chi connectivity index (χ2v) is 8.76. The molecule has 25 heavy (non-hydrogen) atoms. The van der Waals surface area contributed by atoms with Crippen molar-refractivity contribution in [2.45, 2.75) is 122 Å². The largest absolute Gasteiger partial charge is 1.00 e. The Labute approximate surface area is 178 Å². The average molecular weight is 387 g/mol. The molecular formula is C19H39NaO4S. The number of hydrogen-bond donors (Lipinski definition) is 1. The third-order valence-electron chi connectivity index (χ3n) is 4.74. The quantitative estimate of drug-likeness (QED) is 0.236. The Bertz CT molecular complexity index is 374. The molecule has 0 aromatic rings. The van der Waals surface area contributed by atoms with E-state index in [1.807, 2.05) is 6.92 Å². The van der Waals surface area contributed by atoms with Crippen LogP contribution in [0, 0.1) is 0 Å². The van der Waals surface area contributed by atoms with E-state index in [0.29, 0.717) is 12.8 Å². The third kappa shape index (κ3) is 18.0. The first-order valence-corrected chi connectivity index (χ1v) is 11.5. The van der Waals surface area contributed by atoms with Gasteiger partial charge in [0.15, 0.2) is 0 Å². The molecule has 2 unspecified atom stereocenters. The van der Waals surface area contributed by atoms with Gasteiger partial charge in [0.2, 0.25) is 0 Å². The van der Waals surface area contributed by atoms with E-state index in [1.165, 1.54) is 12.8 Å². The molecule has 0 saturated heterocycles. The SMILES string of the molecule is CCCCCC(O)CCCCCCCCC(CCCC)S(=O)(=O)[O-].[Na+]. The van der Waals surface area contributed by atoms with E-state index in [9.17, 15) is 18.1 Å². The van der Waals surface area contributed by atoms with Crippen molar-refractivity contribution < 1.29 is 47.6 Å². The van der Waals surface area contributed by atoms with E-state index < -0.39 is 15.4 Å². The van der Waals surface area contributed by atoms with Gasteiger partial charge in [0, 0.05) is 5.25 Å². The molecule has 0 radical (unpaired) electrons. The van der Waals surface area contributed by atoms with Crippen molar-refractivity contribution in [1.29, 1.82) is 0 Å². The fourth-order valence-electron chi connectivity index (χ4n) is 3.10. The summed E-state index contributed by atoms with van der Waals surface area (Å²) in [6.07, 6.45) is 14.2. The van der Waals surface area contributed by atoms with Gasteiger partial charge in [-0.1, -0.05) is 84.5 Å². The molecule has 0 saturated carbocycles. The molecule has 6 heteroatoms. The van der Waals surface area contributed by atoms with Crippen LogP contribution in [0.25, 0.3) is 0 Å². The number of aliphatic hydroxyl groups excluding tert-OH is 1. The first kappa shape index (κ1) is 28.1.